The summed E-state index contributed by atoms with van der Waals surface area (Å²) in [5.41, 5.74) is 0.430. The number of Topliss-reactive ketones (excluding diaryl/α,β-unsaturated/α-hetero) is 1. The Morgan fingerprint density at radius 2 is 2.00 bits per heavy atom. The van der Waals surface area contributed by atoms with Crippen LogP contribution in [-0.4, -0.2) is 27.2 Å². The van der Waals surface area contributed by atoms with Gasteiger partial charge in [-0.25, -0.2) is 0 Å². The number of rotatable bonds is 0. The predicted molar refractivity (Wildman–Crippen MR) is 48.0 cm³/mol. The third-order valence-electron chi connectivity index (χ3n) is 2.44. The van der Waals surface area contributed by atoms with Crippen molar-refractivity contribution in [3.05, 3.63) is 29.3 Å². The third kappa shape index (κ3) is 1.20. The Morgan fingerprint density at radius 3 is 2.71 bits per heavy atom. The number of aliphatic hydroxyl groups excluding tert-OH is 2. The smallest absolute Gasteiger partial charge is 0.166 e. The van der Waals surface area contributed by atoms with E-state index in [2.05, 4.69) is 0 Å². The fraction of sp³-hybridized carbons (Fsp3) is 0.300. The van der Waals surface area contributed by atoms with Gasteiger partial charge >= 0.3 is 0 Å². The van der Waals surface area contributed by atoms with Gasteiger partial charge in [-0.05, 0) is 6.07 Å². The third-order valence-corrected chi connectivity index (χ3v) is 2.44. The second-order valence-corrected chi connectivity index (χ2v) is 3.38. The summed E-state index contributed by atoms with van der Waals surface area (Å²) in [5.74, 6) is -0.407. The van der Waals surface area contributed by atoms with E-state index in [1.54, 1.807) is 0 Å². The van der Waals surface area contributed by atoms with E-state index in [0.29, 0.717) is 5.56 Å². The number of hydrogen-bond acceptors (Lipinski definition) is 4. The van der Waals surface area contributed by atoms with Gasteiger partial charge in [0.05, 0.1) is 6.10 Å². The van der Waals surface area contributed by atoms with Crippen LogP contribution in [0.15, 0.2) is 18.2 Å². The quantitative estimate of drug-likeness (QED) is 0.557. The zero-order valence-corrected chi connectivity index (χ0v) is 7.34. The highest BCUT2D eigenvalue weighted by Gasteiger charge is 2.33. The molecule has 14 heavy (non-hydrogen) atoms. The largest absolute Gasteiger partial charge is 0.508 e. The molecule has 4 heteroatoms. The molecule has 1 aliphatic rings. The fourth-order valence-corrected chi connectivity index (χ4v) is 1.71. The lowest BCUT2D eigenvalue weighted by atomic mass is 9.86. The standard InChI is InChI=1S/C10H10O4/c11-6-3-1-2-5-7(12)4-8(13)10(14)9(5)6/h1-3,8,10-11,13-14H,4H2/t8-,10-/m1/s1. The van der Waals surface area contributed by atoms with Crippen molar-refractivity contribution in [3.63, 3.8) is 0 Å². The highest BCUT2D eigenvalue weighted by molar-refractivity contribution is 5.99. The van der Waals surface area contributed by atoms with Gasteiger partial charge in [0.25, 0.3) is 0 Å². The number of aromatic hydroxyl groups is 1. The molecule has 0 aromatic heterocycles. The van der Waals surface area contributed by atoms with Crippen LogP contribution in [0.4, 0.5) is 0 Å². The lowest BCUT2D eigenvalue weighted by Gasteiger charge is -2.25. The Balaban J connectivity index is 2.62. The average molecular weight is 194 g/mol. The van der Waals surface area contributed by atoms with Gasteiger partial charge in [0, 0.05) is 17.5 Å². The van der Waals surface area contributed by atoms with Gasteiger partial charge in [-0.15, -0.1) is 0 Å². The van der Waals surface area contributed by atoms with E-state index in [4.69, 9.17) is 0 Å². The number of phenolic OH excluding ortho intramolecular Hbond substituents is 1. The minimum atomic E-state index is -1.18. The molecule has 1 aromatic rings. The maximum absolute atomic E-state index is 11.4. The number of fused-ring (bicyclic) bond motifs is 1. The number of carbonyl (C=O) groups is 1. The number of benzene rings is 1. The summed E-state index contributed by atoms with van der Waals surface area (Å²) in [7, 11) is 0. The maximum atomic E-state index is 11.4. The van der Waals surface area contributed by atoms with Crippen LogP contribution < -0.4 is 0 Å². The van der Waals surface area contributed by atoms with E-state index in [1.807, 2.05) is 0 Å². The van der Waals surface area contributed by atoms with Crippen LogP contribution in [0.5, 0.6) is 5.75 Å². The van der Waals surface area contributed by atoms with Crippen molar-refractivity contribution in [2.75, 3.05) is 0 Å². The molecule has 0 radical (unpaired) electrons. The lowest BCUT2D eigenvalue weighted by Crippen LogP contribution is -2.29. The highest BCUT2D eigenvalue weighted by atomic mass is 16.3. The molecule has 4 nitrogen and oxygen atoms in total. The van der Waals surface area contributed by atoms with Gasteiger partial charge in [0.2, 0.25) is 0 Å². The molecule has 0 fully saturated rings. The molecule has 0 unspecified atom stereocenters. The molecule has 2 rings (SSSR count). The van der Waals surface area contributed by atoms with Crippen molar-refractivity contribution in [1.82, 2.24) is 0 Å². The van der Waals surface area contributed by atoms with Crippen molar-refractivity contribution in [3.8, 4) is 5.75 Å². The minimum absolute atomic E-state index is 0.0996. The number of phenols is 1. The van der Waals surface area contributed by atoms with Gasteiger partial charge < -0.3 is 15.3 Å². The van der Waals surface area contributed by atoms with Crippen LogP contribution in [0.1, 0.15) is 28.4 Å². The molecule has 2 atom stereocenters. The van der Waals surface area contributed by atoms with Gasteiger partial charge in [-0.1, -0.05) is 12.1 Å². The first-order valence-electron chi connectivity index (χ1n) is 4.32. The van der Waals surface area contributed by atoms with Crippen molar-refractivity contribution in [2.45, 2.75) is 18.6 Å². The van der Waals surface area contributed by atoms with Crippen LogP contribution in [0, 0.1) is 0 Å². The lowest BCUT2D eigenvalue weighted by molar-refractivity contribution is 0.00742. The summed E-state index contributed by atoms with van der Waals surface area (Å²) < 4.78 is 0. The molecule has 0 saturated carbocycles. The first kappa shape index (κ1) is 9.18. The summed E-state index contributed by atoms with van der Waals surface area (Å²) in [6, 6.07) is 4.45. The summed E-state index contributed by atoms with van der Waals surface area (Å²) in [6.45, 7) is 0. The molecule has 74 valence electrons. The zero-order valence-electron chi connectivity index (χ0n) is 7.34. The Kier molecular flexibility index (Phi) is 2.02. The van der Waals surface area contributed by atoms with E-state index in [0.717, 1.165) is 0 Å². The first-order chi connectivity index (χ1) is 6.61. The maximum Gasteiger partial charge on any atom is 0.166 e. The molecule has 0 saturated heterocycles. The Bertz CT molecular complexity index is 386. The van der Waals surface area contributed by atoms with Crippen molar-refractivity contribution in [1.29, 1.82) is 0 Å². The van der Waals surface area contributed by atoms with Gasteiger partial charge in [0.15, 0.2) is 5.78 Å². The second kappa shape index (κ2) is 3.08. The second-order valence-electron chi connectivity index (χ2n) is 3.38. The first-order valence-corrected chi connectivity index (χ1v) is 4.32. The van der Waals surface area contributed by atoms with Crippen LogP contribution in [0.3, 0.4) is 0 Å². The van der Waals surface area contributed by atoms with Crippen molar-refractivity contribution >= 4 is 5.78 Å². The Hall–Kier alpha value is -1.39. The normalized spacial score (nSPS) is 26.0. The van der Waals surface area contributed by atoms with E-state index >= 15 is 0 Å². The fourth-order valence-electron chi connectivity index (χ4n) is 1.71. The predicted octanol–water partition coefficient (Wildman–Crippen LogP) is 0.373. The molecule has 1 aromatic carbocycles. The monoisotopic (exact) mass is 194 g/mol. The van der Waals surface area contributed by atoms with Crippen LogP contribution in [-0.2, 0) is 0 Å². The molecule has 0 amide bonds. The van der Waals surface area contributed by atoms with Crippen molar-refractivity contribution < 1.29 is 20.1 Å². The highest BCUT2D eigenvalue weighted by Crippen LogP contribution is 2.35. The summed E-state index contributed by atoms with van der Waals surface area (Å²) in [6.07, 6.45) is -2.40. The molecule has 0 spiro atoms. The molecular weight excluding hydrogens is 184 g/mol. The van der Waals surface area contributed by atoms with E-state index in [-0.39, 0.29) is 23.5 Å². The van der Waals surface area contributed by atoms with Crippen LogP contribution in [0.2, 0.25) is 0 Å². The SMILES string of the molecule is O=C1C[C@@H](O)[C@@H](O)c2c(O)cccc21. The van der Waals surface area contributed by atoms with E-state index < -0.39 is 12.2 Å². The van der Waals surface area contributed by atoms with Crippen LogP contribution >= 0.6 is 0 Å². The van der Waals surface area contributed by atoms with E-state index in [1.165, 1.54) is 18.2 Å². The summed E-state index contributed by atoms with van der Waals surface area (Å²) in [5, 5.41) is 28.3. The molecule has 1 aliphatic carbocycles. The zero-order chi connectivity index (χ0) is 10.3. The molecule has 0 bridgehead atoms. The van der Waals surface area contributed by atoms with Gasteiger partial charge in [-0.3, -0.25) is 4.79 Å². The molecule has 3 N–H and O–H groups in total. The van der Waals surface area contributed by atoms with Crippen molar-refractivity contribution in [2.24, 2.45) is 0 Å². The van der Waals surface area contributed by atoms with Gasteiger partial charge in [-0.2, -0.15) is 0 Å². The average Bonchev–Trinajstić information content (AvgIpc) is 2.14. The number of aliphatic hydroxyl groups is 2. The number of hydrogen-bond donors (Lipinski definition) is 3. The van der Waals surface area contributed by atoms with Gasteiger partial charge in [0.1, 0.15) is 11.9 Å². The minimum Gasteiger partial charge on any atom is -0.508 e. The Labute approximate surface area is 80.4 Å². The van der Waals surface area contributed by atoms with Crippen LogP contribution in [0.25, 0.3) is 0 Å². The molecule has 0 aliphatic heterocycles. The van der Waals surface area contributed by atoms with E-state index in [9.17, 15) is 20.1 Å². The topological polar surface area (TPSA) is 77.8 Å². The summed E-state index contributed by atoms with van der Waals surface area (Å²) in [4.78, 5) is 11.4. The Morgan fingerprint density at radius 1 is 1.29 bits per heavy atom. The summed E-state index contributed by atoms with van der Waals surface area (Å²) >= 11 is 0. The molecular formula is C10H10O4. The molecule has 0 heterocycles. The number of carbonyl (C=O) groups excluding carboxylic acids is 1. The number of ketones is 1.